The van der Waals surface area contributed by atoms with Crippen molar-refractivity contribution in [2.24, 2.45) is 11.8 Å². The Morgan fingerprint density at radius 2 is 0.698 bits per heavy atom. The van der Waals surface area contributed by atoms with Gasteiger partial charge in [-0.05, 0) is 122 Å². The summed E-state index contributed by atoms with van der Waals surface area (Å²) in [6.07, 6.45) is -27.2. The number of ether oxygens (including phenoxy) is 2. The van der Waals surface area contributed by atoms with Crippen LogP contribution in [0.4, 0.5) is 79.0 Å². The van der Waals surface area contributed by atoms with Gasteiger partial charge >= 0.3 is 36.6 Å². The Hall–Kier alpha value is -7.18. The first-order chi connectivity index (χ1) is 39.7. The molecule has 0 saturated heterocycles. The number of carbonyl (C=O) groups is 2. The Labute approximate surface area is 475 Å². The molecule has 0 radical (unpaired) electrons. The predicted octanol–water partition coefficient (Wildman–Crippen LogP) is 14.4. The molecule has 6 aromatic rings. The van der Waals surface area contributed by atoms with E-state index in [1.807, 2.05) is 0 Å². The molecule has 2 N–H and O–H groups in total. The first kappa shape index (κ1) is 66.3. The third-order valence-electron chi connectivity index (χ3n) is 15.1. The quantitative estimate of drug-likeness (QED) is 0.0705. The van der Waals surface area contributed by atoms with Crippen molar-refractivity contribution in [2.45, 2.75) is 107 Å². The maximum absolute atomic E-state index is 14.3. The fourth-order valence-electron chi connectivity index (χ4n) is 10.6. The van der Waals surface area contributed by atoms with Gasteiger partial charge in [0.05, 0.1) is 34.8 Å². The number of hydrogen-bond acceptors (Lipinski definition) is 8. The number of aliphatic carboxylic acids is 2. The lowest BCUT2D eigenvalue weighted by molar-refractivity contribution is -0.393. The summed E-state index contributed by atoms with van der Waals surface area (Å²) in [4.78, 5) is 22.5. The van der Waals surface area contributed by atoms with Crippen LogP contribution in [-0.4, -0.2) is 63.7 Å². The maximum atomic E-state index is 14.3. The molecule has 2 aliphatic rings. The molecule has 6 aromatic carbocycles. The van der Waals surface area contributed by atoms with Gasteiger partial charge in [0, 0.05) is 22.3 Å². The van der Waals surface area contributed by atoms with Crippen molar-refractivity contribution >= 4 is 31.6 Å². The number of carboxylic acids is 2. The molecule has 0 aromatic heterocycles. The van der Waals surface area contributed by atoms with Gasteiger partial charge in [-0.3, -0.25) is 9.59 Å². The van der Waals surface area contributed by atoms with Crippen molar-refractivity contribution < 1.29 is 125 Å². The molecule has 30 heteroatoms. The number of carboxylic acid groups (broad SMARTS) is 2. The van der Waals surface area contributed by atoms with E-state index in [9.17, 15) is 116 Å². The lowest BCUT2D eigenvalue weighted by atomic mass is 9.88. The third-order valence-corrected chi connectivity index (χ3v) is 20.2. The van der Waals surface area contributed by atoms with Gasteiger partial charge in [0.2, 0.25) is 0 Å². The molecule has 0 bridgehead atoms. The minimum absolute atomic E-state index is 0.191. The molecule has 8 rings (SSSR count). The van der Waals surface area contributed by atoms with Gasteiger partial charge in [-0.25, -0.2) is 43.2 Å². The summed E-state index contributed by atoms with van der Waals surface area (Å²) >= 11 is 0. The van der Waals surface area contributed by atoms with E-state index in [1.54, 1.807) is 0 Å². The van der Waals surface area contributed by atoms with Gasteiger partial charge in [0.25, 0.3) is 11.2 Å². The zero-order valence-electron chi connectivity index (χ0n) is 43.3. The minimum atomic E-state index is -6.23. The molecule has 0 spiro atoms. The molecule has 464 valence electrons. The highest BCUT2D eigenvalue weighted by Gasteiger charge is 2.75. The number of sulfone groups is 2. The van der Waals surface area contributed by atoms with Crippen LogP contribution in [0.1, 0.15) is 71.9 Å². The van der Waals surface area contributed by atoms with E-state index in [1.165, 1.54) is 0 Å². The number of rotatable bonds is 16. The monoisotopic (exact) mass is 1280 g/mol. The van der Waals surface area contributed by atoms with Crippen LogP contribution in [-0.2, 0) is 72.6 Å². The van der Waals surface area contributed by atoms with Crippen LogP contribution in [0.3, 0.4) is 0 Å². The van der Waals surface area contributed by atoms with Crippen molar-refractivity contribution in [1.29, 1.82) is 0 Å². The van der Waals surface area contributed by atoms with E-state index < -0.39 is 182 Å². The largest absolute Gasteiger partial charge is 0.481 e. The molecular formula is C56H42F18O10S2. The SMILES string of the molecule is O=C(O)[C@@H]1CC[C@](c2ccc(C(OCc3c(F)cccc3F)(C(F)(F)F)C(F)(F)F)cc2)(S(=O)(=O)c2ccc(F)cc2)C1.O=C(O)[C@H]1CC[C@](c2ccc(C(OCc3c(F)cccc3F)(C(F)(F)F)C(F)(F)F)cc2)(S(=O)(=O)c2ccc(F)cc2)C1. The van der Waals surface area contributed by atoms with Crippen molar-refractivity contribution in [1.82, 2.24) is 0 Å². The molecule has 2 fully saturated rings. The first-order valence-corrected chi connectivity index (χ1v) is 27.8. The van der Waals surface area contributed by atoms with Crippen LogP contribution in [0.25, 0.3) is 0 Å². The predicted molar refractivity (Wildman–Crippen MR) is 263 cm³/mol. The lowest BCUT2D eigenvalue weighted by Crippen LogP contribution is -2.56. The fourth-order valence-corrected chi connectivity index (χ4v) is 15.0. The number of benzene rings is 6. The van der Waals surface area contributed by atoms with Crippen LogP contribution >= 0.6 is 0 Å². The molecule has 0 aliphatic heterocycles. The van der Waals surface area contributed by atoms with Crippen molar-refractivity contribution in [2.75, 3.05) is 0 Å². The van der Waals surface area contributed by atoms with Crippen LogP contribution < -0.4 is 0 Å². The van der Waals surface area contributed by atoms with Crippen molar-refractivity contribution in [3.05, 3.63) is 202 Å². The van der Waals surface area contributed by atoms with E-state index in [0.717, 1.165) is 60.7 Å². The fraction of sp³-hybridized carbons (Fsp3) is 0.321. The molecule has 0 heterocycles. The molecule has 2 aliphatic carbocycles. The molecule has 86 heavy (non-hydrogen) atoms. The van der Waals surface area contributed by atoms with Gasteiger partial charge in [-0.2, -0.15) is 52.7 Å². The molecular weight excluding hydrogens is 1240 g/mol. The van der Waals surface area contributed by atoms with Crippen molar-refractivity contribution in [3.8, 4) is 0 Å². The summed E-state index contributed by atoms with van der Waals surface area (Å²) < 4.78 is 314. The Kier molecular flexibility index (Phi) is 18.4. The summed E-state index contributed by atoms with van der Waals surface area (Å²) in [6, 6.07) is 15.1. The first-order valence-electron chi connectivity index (χ1n) is 24.8. The smallest absolute Gasteiger partial charge is 0.430 e. The number of hydrogen-bond donors (Lipinski definition) is 2. The van der Waals surface area contributed by atoms with E-state index in [2.05, 4.69) is 9.47 Å². The summed E-state index contributed by atoms with van der Waals surface area (Å²) in [5.74, 6) is -12.6. The van der Waals surface area contributed by atoms with E-state index in [4.69, 9.17) is 0 Å². The van der Waals surface area contributed by atoms with Crippen LogP contribution in [0.2, 0.25) is 0 Å². The molecule has 2 saturated carbocycles. The van der Waals surface area contributed by atoms with Gasteiger partial charge < -0.3 is 19.7 Å². The Morgan fingerprint density at radius 1 is 0.430 bits per heavy atom. The lowest BCUT2D eigenvalue weighted by Gasteiger charge is -2.38. The Bertz CT molecular complexity index is 3380. The Balaban J connectivity index is 0.000000246. The summed E-state index contributed by atoms with van der Waals surface area (Å²) in [5, 5.41) is 19.0. The maximum Gasteiger partial charge on any atom is 0.430 e. The minimum Gasteiger partial charge on any atom is -0.481 e. The van der Waals surface area contributed by atoms with Gasteiger partial charge in [0.1, 0.15) is 44.4 Å². The number of halogens is 18. The second kappa shape index (κ2) is 23.8. The van der Waals surface area contributed by atoms with E-state index in [-0.39, 0.29) is 36.8 Å². The van der Waals surface area contributed by atoms with Gasteiger partial charge in [0.15, 0.2) is 19.7 Å². The van der Waals surface area contributed by atoms with E-state index in [0.29, 0.717) is 72.8 Å². The summed E-state index contributed by atoms with van der Waals surface area (Å²) in [7, 11) is -9.17. The summed E-state index contributed by atoms with van der Waals surface area (Å²) in [5.41, 5.74) is -16.4. The van der Waals surface area contributed by atoms with Crippen molar-refractivity contribution in [3.63, 3.8) is 0 Å². The molecule has 4 atom stereocenters. The normalized spacial score (nSPS) is 19.9. The topological polar surface area (TPSA) is 161 Å². The van der Waals surface area contributed by atoms with Gasteiger partial charge in [-0.1, -0.05) is 60.7 Å². The van der Waals surface area contributed by atoms with Crippen LogP contribution in [0.5, 0.6) is 0 Å². The second-order valence-electron chi connectivity index (χ2n) is 19.9. The zero-order chi connectivity index (χ0) is 64.0. The van der Waals surface area contributed by atoms with E-state index >= 15 is 0 Å². The average Bonchev–Trinajstić information content (AvgIpc) is 1.19. The summed E-state index contributed by atoms with van der Waals surface area (Å²) in [6.45, 7) is -3.55. The second-order valence-corrected chi connectivity index (χ2v) is 24.5. The highest BCUT2D eigenvalue weighted by atomic mass is 32.2. The average molecular weight is 1280 g/mol. The molecule has 0 amide bonds. The number of alkyl halides is 12. The highest BCUT2D eigenvalue weighted by molar-refractivity contribution is 7.92. The zero-order valence-corrected chi connectivity index (χ0v) is 44.9. The Morgan fingerprint density at radius 3 is 0.930 bits per heavy atom. The van der Waals surface area contributed by atoms with Crippen LogP contribution in [0, 0.1) is 46.7 Å². The third kappa shape index (κ3) is 11.9. The van der Waals surface area contributed by atoms with Gasteiger partial charge in [-0.15, -0.1) is 0 Å². The molecule has 0 unspecified atom stereocenters. The standard InChI is InChI=1S/2C28H21F9O5S/c2*29-19-8-10-20(11-9-19)43(40,41)25(13-12-16(14-25)24(38)39)17-4-6-18(7-5-17)26(27(32,33)34,28(35,36)37)42-15-21-22(30)2-1-3-23(21)31/h2*1-11,16H,12-15H2,(H,38,39)/t16-,25+;16-,25-/m10/s1. The molecule has 10 nitrogen and oxygen atoms in total. The highest BCUT2D eigenvalue weighted by Crippen LogP contribution is 2.58. The van der Waals surface area contributed by atoms with Crippen LogP contribution in [0.15, 0.2) is 143 Å².